The largest absolute Gasteiger partial charge is 0.324 e. The van der Waals surface area contributed by atoms with Gasteiger partial charge in [0.2, 0.25) is 5.91 Å². The number of halogens is 1. The van der Waals surface area contributed by atoms with Crippen LogP contribution in [0.4, 0.5) is 11.4 Å². The highest BCUT2D eigenvalue weighted by Crippen LogP contribution is 2.22. The molecule has 0 aliphatic carbocycles. The van der Waals surface area contributed by atoms with Crippen molar-refractivity contribution in [2.45, 2.75) is 19.8 Å². The SMILES string of the molecule is CCCC(=O)Nc1ccccc1NC(=O)c1ccc(Br)cc1. The Morgan fingerprint density at radius 2 is 1.55 bits per heavy atom. The molecule has 2 amide bonds. The molecule has 0 aliphatic heterocycles. The van der Waals surface area contributed by atoms with Crippen molar-refractivity contribution < 1.29 is 9.59 Å². The summed E-state index contributed by atoms with van der Waals surface area (Å²) in [4.78, 5) is 24.0. The first-order valence-corrected chi connectivity index (χ1v) is 7.85. The van der Waals surface area contributed by atoms with Crippen molar-refractivity contribution in [3.8, 4) is 0 Å². The molecule has 2 aromatic carbocycles. The van der Waals surface area contributed by atoms with Crippen molar-refractivity contribution in [3.63, 3.8) is 0 Å². The van der Waals surface area contributed by atoms with Crippen LogP contribution in [-0.4, -0.2) is 11.8 Å². The maximum atomic E-state index is 12.2. The summed E-state index contributed by atoms with van der Waals surface area (Å²) in [6.45, 7) is 1.95. The maximum absolute atomic E-state index is 12.2. The van der Waals surface area contributed by atoms with Crippen LogP contribution in [0.1, 0.15) is 30.1 Å². The van der Waals surface area contributed by atoms with Gasteiger partial charge in [-0.3, -0.25) is 9.59 Å². The fraction of sp³-hybridized carbons (Fsp3) is 0.176. The molecule has 0 aromatic heterocycles. The van der Waals surface area contributed by atoms with Gasteiger partial charge in [0.05, 0.1) is 11.4 Å². The zero-order chi connectivity index (χ0) is 15.9. The molecule has 0 bridgehead atoms. The maximum Gasteiger partial charge on any atom is 0.255 e. The molecule has 2 N–H and O–H groups in total. The highest BCUT2D eigenvalue weighted by molar-refractivity contribution is 9.10. The minimum absolute atomic E-state index is 0.0622. The quantitative estimate of drug-likeness (QED) is 0.827. The number of anilines is 2. The molecule has 0 fully saturated rings. The van der Waals surface area contributed by atoms with Crippen LogP contribution >= 0.6 is 15.9 Å². The summed E-state index contributed by atoms with van der Waals surface area (Å²) in [5.74, 6) is -0.280. The smallest absolute Gasteiger partial charge is 0.255 e. The van der Waals surface area contributed by atoms with Gasteiger partial charge in [-0.05, 0) is 42.8 Å². The van der Waals surface area contributed by atoms with Crippen LogP contribution in [0, 0.1) is 0 Å². The summed E-state index contributed by atoms with van der Waals surface area (Å²) in [5.41, 5.74) is 1.74. The van der Waals surface area contributed by atoms with E-state index in [1.165, 1.54) is 0 Å². The number of para-hydroxylation sites is 2. The van der Waals surface area contributed by atoms with E-state index in [2.05, 4.69) is 26.6 Å². The molecule has 2 rings (SSSR count). The molecule has 0 radical (unpaired) electrons. The second-order valence-corrected chi connectivity index (χ2v) is 5.72. The Bertz CT molecular complexity index is 669. The van der Waals surface area contributed by atoms with E-state index in [0.29, 0.717) is 23.4 Å². The Kier molecular flexibility index (Phi) is 5.72. The second-order valence-electron chi connectivity index (χ2n) is 4.80. The molecule has 2 aromatic rings. The molecule has 0 spiro atoms. The lowest BCUT2D eigenvalue weighted by molar-refractivity contribution is -0.116. The van der Waals surface area contributed by atoms with Gasteiger partial charge in [-0.25, -0.2) is 0 Å². The minimum atomic E-state index is -0.218. The van der Waals surface area contributed by atoms with Crippen LogP contribution in [0.15, 0.2) is 53.0 Å². The van der Waals surface area contributed by atoms with Crippen molar-refractivity contribution in [2.75, 3.05) is 10.6 Å². The van der Waals surface area contributed by atoms with E-state index in [9.17, 15) is 9.59 Å². The van der Waals surface area contributed by atoms with Crippen molar-refractivity contribution >= 4 is 39.1 Å². The van der Waals surface area contributed by atoms with Gasteiger partial charge in [-0.1, -0.05) is 35.0 Å². The lowest BCUT2D eigenvalue weighted by atomic mass is 10.2. The predicted octanol–water partition coefficient (Wildman–Crippen LogP) is 4.44. The van der Waals surface area contributed by atoms with Gasteiger partial charge in [-0.15, -0.1) is 0 Å². The van der Waals surface area contributed by atoms with E-state index in [-0.39, 0.29) is 11.8 Å². The van der Waals surface area contributed by atoms with Crippen LogP contribution in [0.5, 0.6) is 0 Å². The summed E-state index contributed by atoms with van der Waals surface area (Å²) in [5, 5.41) is 5.64. The number of hydrogen-bond donors (Lipinski definition) is 2. The third kappa shape index (κ3) is 4.43. The average Bonchev–Trinajstić information content (AvgIpc) is 2.50. The number of rotatable bonds is 5. The molecule has 0 unspecified atom stereocenters. The van der Waals surface area contributed by atoms with Crippen LogP contribution in [0.2, 0.25) is 0 Å². The van der Waals surface area contributed by atoms with Crippen molar-refractivity contribution in [1.29, 1.82) is 0 Å². The average molecular weight is 361 g/mol. The monoisotopic (exact) mass is 360 g/mol. The van der Waals surface area contributed by atoms with E-state index in [1.807, 2.05) is 31.2 Å². The van der Waals surface area contributed by atoms with Crippen LogP contribution in [0.3, 0.4) is 0 Å². The normalized spacial score (nSPS) is 10.1. The van der Waals surface area contributed by atoms with Crippen LogP contribution < -0.4 is 10.6 Å². The second kappa shape index (κ2) is 7.75. The standard InChI is InChI=1S/C17H17BrN2O2/c1-2-5-16(21)19-14-6-3-4-7-15(14)20-17(22)12-8-10-13(18)11-9-12/h3-4,6-11H,2,5H2,1H3,(H,19,21)(H,20,22). The number of carbonyl (C=O) groups excluding carboxylic acids is 2. The van der Waals surface area contributed by atoms with Gasteiger partial charge < -0.3 is 10.6 Å². The number of carbonyl (C=O) groups is 2. The molecule has 0 atom stereocenters. The molecule has 22 heavy (non-hydrogen) atoms. The Balaban J connectivity index is 2.13. The molecule has 5 heteroatoms. The van der Waals surface area contributed by atoms with Gasteiger partial charge in [0.15, 0.2) is 0 Å². The Hall–Kier alpha value is -2.14. The summed E-state index contributed by atoms with van der Waals surface area (Å²) < 4.78 is 0.913. The van der Waals surface area contributed by atoms with Gasteiger partial charge in [0, 0.05) is 16.5 Å². The highest BCUT2D eigenvalue weighted by atomic mass is 79.9. The van der Waals surface area contributed by atoms with E-state index in [1.54, 1.807) is 24.3 Å². The van der Waals surface area contributed by atoms with Crippen molar-refractivity contribution in [3.05, 3.63) is 58.6 Å². The molecular weight excluding hydrogens is 344 g/mol. The lowest BCUT2D eigenvalue weighted by Gasteiger charge is -2.12. The number of nitrogens with one attached hydrogen (secondary N) is 2. The summed E-state index contributed by atoms with van der Waals surface area (Å²) >= 11 is 3.34. The van der Waals surface area contributed by atoms with E-state index < -0.39 is 0 Å². The number of amides is 2. The predicted molar refractivity (Wildman–Crippen MR) is 92.1 cm³/mol. The number of hydrogen-bond acceptors (Lipinski definition) is 2. The first kappa shape index (κ1) is 16.2. The Morgan fingerprint density at radius 3 is 2.14 bits per heavy atom. The van der Waals surface area contributed by atoms with Crippen LogP contribution in [0.25, 0.3) is 0 Å². The summed E-state index contributed by atoms with van der Waals surface area (Å²) in [7, 11) is 0. The van der Waals surface area contributed by atoms with E-state index >= 15 is 0 Å². The van der Waals surface area contributed by atoms with E-state index in [4.69, 9.17) is 0 Å². The van der Waals surface area contributed by atoms with Gasteiger partial charge in [-0.2, -0.15) is 0 Å². The fourth-order valence-corrected chi connectivity index (χ4v) is 2.20. The lowest BCUT2D eigenvalue weighted by Crippen LogP contribution is -2.16. The third-order valence-corrected chi connectivity index (χ3v) is 3.56. The Morgan fingerprint density at radius 1 is 0.955 bits per heavy atom. The first-order valence-electron chi connectivity index (χ1n) is 7.06. The molecule has 114 valence electrons. The van der Waals surface area contributed by atoms with Crippen molar-refractivity contribution in [2.24, 2.45) is 0 Å². The van der Waals surface area contributed by atoms with Gasteiger partial charge >= 0.3 is 0 Å². The fourth-order valence-electron chi connectivity index (χ4n) is 1.94. The third-order valence-electron chi connectivity index (χ3n) is 3.03. The molecule has 0 heterocycles. The molecule has 4 nitrogen and oxygen atoms in total. The first-order chi connectivity index (χ1) is 10.6. The molecule has 0 saturated carbocycles. The molecule has 0 aliphatic rings. The summed E-state index contributed by atoms with van der Waals surface area (Å²) in [6.07, 6.45) is 1.23. The van der Waals surface area contributed by atoms with Crippen LogP contribution in [-0.2, 0) is 4.79 Å². The zero-order valence-corrected chi connectivity index (χ0v) is 13.8. The van der Waals surface area contributed by atoms with Gasteiger partial charge in [0.1, 0.15) is 0 Å². The van der Waals surface area contributed by atoms with E-state index in [0.717, 1.165) is 10.9 Å². The van der Waals surface area contributed by atoms with Gasteiger partial charge in [0.25, 0.3) is 5.91 Å². The molecular formula is C17H17BrN2O2. The van der Waals surface area contributed by atoms with Crippen molar-refractivity contribution in [1.82, 2.24) is 0 Å². The Labute approximate surface area is 138 Å². The number of benzene rings is 2. The molecule has 0 saturated heterocycles. The topological polar surface area (TPSA) is 58.2 Å². The summed E-state index contributed by atoms with van der Waals surface area (Å²) in [6, 6.07) is 14.2. The minimum Gasteiger partial charge on any atom is -0.324 e. The highest BCUT2D eigenvalue weighted by Gasteiger charge is 2.10. The zero-order valence-electron chi connectivity index (χ0n) is 12.2.